The first-order chi connectivity index (χ1) is 12.3. The second kappa shape index (κ2) is 6.95. The van der Waals surface area contributed by atoms with Gasteiger partial charge in [-0.3, -0.25) is 24.4 Å². The van der Waals surface area contributed by atoms with Gasteiger partial charge in [0.25, 0.3) is 5.91 Å². The van der Waals surface area contributed by atoms with Gasteiger partial charge in [-0.1, -0.05) is 6.07 Å². The van der Waals surface area contributed by atoms with Crippen LogP contribution in [0.2, 0.25) is 0 Å². The molecular weight excluding hydrogens is 338 g/mol. The van der Waals surface area contributed by atoms with E-state index in [-0.39, 0.29) is 35.8 Å². The van der Waals surface area contributed by atoms with Crippen LogP contribution in [0.5, 0.6) is 0 Å². The fourth-order valence-corrected chi connectivity index (χ4v) is 2.68. The van der Waals surface area contributed by atoms with E-state index >= 15 is 0 Å². The van der Waals surface area contributed by atoms with Crippen molar-refractivity contribution in [1.82, 2.24) is 15.1 Å². The topological polar surface area (TPSA) is 119 Å². The second-order valence-corrected chi connectivity index (χ2v) is 6.31. The number of hydrogen-bond donors (Lipinski definition) is 2. The maximum atomic E-state index is 12.3. The summed E-state index contributed by atoms with van der Waals surface area (Å²) in [6.45, 7) is 2.93. The molecule has 26 heavy (non-hydrogen) atoms. The van der Waals surface area contributed by atoms with Gasteiger partial charge in [-0.25, -0.2) is 0 Å². The smallest absolute Gasteiger partial charge is 0.312 e. The molecule has 1 aromatic carbocycles. The molecule has 0 radical (unpaired) electrons. The van der Waals surface area contributed by atoms with Crippen molar-refractivity contribution in [2.24, 2.45) is 0 Å². The molecular formula is C17H19N5O4. The Morgan fingerprint density at radius 2 is 2.08 bits per heavy atom. The number of aromatic nitrogens is 2. The molecule has 9 heteroatoms. The molecule has 0 atom stereocenters. The minimum absolute atomic E-state index is 0.0865. The molecule has 2 aromatic rings. The molecule has 0 aliphatic heterocycles. The zero-order valence-corrected chi connectivity index (χ0v) is 14.5. The minimum atomic E-state index is -0.506. The summed E-state index contributed by atoms with van der Waals surface area (Å²) in [5.41, 5.74) is 1.45. The summed E-state index contributed by atoms with van der Waals surface area (Å²) in [6, 6.07) is 6.89. The van der Waals surface area contributed by atoms with E-state index in [0.29, 0.717) is 16.9 Å². The minimum Gasteiger partial charge on any atom is -0.349 e. The number of rotatable bonds is 6. The fourth-order valence-electron chi connectivity index (χ4n) is 2.68. The number of benzene rings is 1. The van der Waals surface area contributed by atoms with Gasteiger partial charge < -0.3 is 10.6 Å². The van der Waals surface area contributed by atoms with E-state index in [1.807, 2.05) is 0 Å². The third kappa shape index (κ3) is 3.88. The van der Waals surface area contributed by atoms with Crippen molar-refractivity contribution in [2.75, 3.05) is 5.32 Å². The lowest BCUT2D eigenvalue weighted by molar-refractivity contribution is -0.386. The third-order valence-corrected chi connectivity index (χ3v) is 4.14. The van der Waals surface area contributed by atoms with Gasteiger partial charge in [0, 0.05) is 17.3 Å². The average molecular weight is 357 g/mol. The van der Waals surface area contributed by atoms with Gasteiger partial charge in [0.05, 0.1) is 4.92 Å². The van der Waals surface area contributed by atoms with Gasteiger partial charge in [0.1, 0.15) is 17.9 Å². The summed E-state index contributed by atoms with van der Waals surface area (Å²) in [6.07, 6.45) is 1.99. The van der Waals surface area contributed by atoms with Crippen molar-refractivity contribution >= 4 is 23.2 Å². The van der Waals surface area contributed by atoms with Gasteiger partial charge in [-0.05, 0) is 44.9 Å². The summed E-state index contributed by atoms with van der Waals surface area (Å²) in [7, 11) is 0. The Labute approximate surface area is 149 Å². The van der Waals surface area contributed by atoms with E-state index in [1.165, 1.54) is 11.6 Å². The van der Waals surface area contributed by atoms with Crippen LogP contribution >= 0.6 is 0 Å². The Bertz CT molecular complexity index is 885. The van der Waals surface area contributed by atoms with Crippen molar-refractivity contribution in [3.63, 3.8) is 0 Å². The Kier molecular flexibility index (Phi) is 4.70. The monoisotopic (exact) mass is 357 g/mol. The van der Waals surface area contributed by atoms with Gasteiger partial charge in [-0.15, -0.1) is 0 Å². The highest BCUT2D eigenvalue weighted by Crippen LogP contribution is 2.22. The quantitative estimate of drug-likeness (QED) is 0.605. The van der Waals surface area contributed by atoms with Crippen molar-refractivity contribution < 1.29 is 14.5 Å². The number of amides is 2. The molecule has 136 valence electrons. The van der Waals surface area contributed by atoms with E-state index in [1.54, 1.807) is 31.2 Å². The van der Waals surface area contributed by atoms with E-state index < -0.39 is 4.92 Å². The first-order valence-electron chi connectivity index (χ1n) is 8.24. The highest BCUT2D eigenvalue weighted by Gasteiger charge is 2.24. The van der Waals surface area contributed by atoms with Crippen molar-refractivity contribution in [1.29, 1.82) is 0 Å². The second-order valence-electron chi connectivity index (χ2n) is 6.31. The van der Waals surface area contributed by atoms with Crippen LogP contribution in [0.3, 0.4) is 0 Å². The molecule has 0 unspecified atom stereocenters. The Balaban J connectivity index is 1.67. The maximum absolute atomic E-state index is 12.3. The van der Waals surface area contributed by atoms with Gasteiger partial charge in [0.15, 0.2) is 0 Å². The molecule has 1 heterocycles. The van der Waals surface area contributed by atoms with Crippen LogP contribution < -0.4 is 10.6 Å². The Morgan fingerprint density at radius 3 is 2.69 bits per heavy atom. The summed E-state index contributed by atoms with van der Waals surface area (Å²) >= 11 is 0. The number of nitrogens with zero attached hydrogens (tertiary/aromatic N) is 3. The van der Waals surface area contributed by atoms with Gasteiger partial charge in [-0.2, -0.15) is 5.10 Å². The molecule has 1 aromatic heterocycles. The molecule has 0 saturated heterocycles. The highest BCUT2D eigenvalue weighted by molar-refractivity contribution is 5.97. The van der Waals surface area contributed by atoms with Crippen LogP contribution in [0.4, 0.5) is 11.4 Å². The number of hydrogen-bond acceptors (Lipinski definition) is 5. The Hall–Kier alpha value is -3.23. The predicted octanol–water partition coefficient (Wildman–Crippen LogP) is 1.94. The van der Waals surface area contributed by atoms with Crippen LogP contribution in [0, 0.1) is 24.0 Å². The molecule has 1 aliphatic rings. The van der Waals surface area contributed by atoms with Crippen LogP contribution in [0.25, 0.3) is 0 Å². The first-order valence-corrected chi connectivity index (χ1v) is 8.24. The molecule has 2 N–H and O–H groups in total. The molecule has 2 amide bonds. The number of carbonyl (C=O) groups is 2. The average Bonchev–Trinajstić information content (AvgIpc) is 3.33. The molecule has 0 bridgehead atoms. The number of carbonyl (C=O) groups excluding carboxylic acids is 2. The molecule has 1 fully saturated rings. The third-order valence-electron chi connectivity index (χ3n) is 4.14. The van der Waals surface area contributed by atoms with Crippen molar-refractivity contribution in [3.05, 3.63) is 51.3 Å². The number of anilines is 1. The zero-order valence-electron chi connectivity index (χ0n) is 14.5. The predicted molar refractivity (Wildman–Crippen MR) is 93.9 cm³/mol. The van der Waals surface area contributed by atoms with E-state index in [9.17, 15) is 19.7 Å². The Morgan fingerprint density at radius 1 is 1.35 bits per heavy atom. The zero-order chi connectivity index (χ0) is 18.8. The van der Waals surface area contributed by atoms with E-state index in [2.05, 4.69) is 15.7 Å². The lowest BCUT2D eigenvalue weighted by atomic mass is 10.2. The number of nitro groups is 1. The normalized spacial score (nSPS) is 13.3. The van der Waals surface area contributed by atoms with E-state index in [0.717, 1.165) is 12.8 Å². The van der Waals surface area contributed by atoms with Crippen LogP contribution in [0.15, 0.2) is 24.3 Å². The van der Waals surface area contributed by atoms with E-state index in [4.69, 9.17) is 0 Å². The lowest BCUT2D eigenvalue weighted by Gasteiger charge is -2.08. The van der Waals surface area contributed by atoms with Crippen molar-refractivity contribution in [3.8, 4) is 0 Å². The lowest BCUT2D eigenvalue weighted by Crippen LogP contribution is -2.25. The van der Waals surface area contributed by atoms with Crippen molar-refractivity contribution in [2.45, 2.75) is 39.3 Å². The molecule has 3 rings (SSSR count). The van der Waals surface area contributed by atoms with Gasteiger partial charge in [0.2, 0.25) is 5.91 Å². The number of nitrogens with one attached hydrogen (secondary N) is 2. The standard InChI is InChI=1S/C17H19N5O4/c1-10-16(22(25)26)11(2)21(20-10)9-15(23)18-14-5-3-4-12(8-14)17(24)19-13-6-7-13/h3-5,8,13H,6-7,9H2,1-2H3,(H,18,23)(H,19,24). The summed E-state index contributed by atoms with van der Waals surface area (Å²) in [5.74, 6) is -0.553. The highest BCUT2D eigenvalue weighted by atomic mass is 16.6. The molecule has 9 nitrogen and oxygen atoms in total. The van der Waals surface area contributed by atoms with Crippen LogP contribution in [-0.2, 0) is 11.3 Å². The largest absolute Gasteiger partial charge is 0.349 e. The maximum Gasteiger partial charge on any atom is 0.312 e. The van der Waals surface area contributed by atoms with Gasteiger partial charge >= 0.3 is 5.69 Å². The molecule has 0 spiro atoms. The summed E-state index contributed by atoms with van der Waals surface area (Å²) < 4.78 is 1.30. The van der Waals surface area contributed by atoms with Crippen LogP contribution in [0.1, 0.15) is 34.6 Å². The molecule has 1 saturated carbocycles. The number of aryl methyl sites for hydroxylation is 1. The first kappa shape index (κ1) is 17.6. The SMILES string of the molecule is Cc1nn(CC(=O)Nc2cccc(C(=O)NC3CC3)c2)c(C)c1[N+](=O)[O-]. The summed E-state index contributed by atoms with van der Waals surface area (Å²) in [4.78, 5) is 34.8. The molecule has 1 aliphatic carbocycles. The fraction of sp³-hybridized carbons (Fsp3) is 0.353. The van der Waals surface area contributed by atoms with Crippen LogP contribution in [-0.4, -0.2) is 32.6 Å². The summed E-state index contributed by atoms with van der Waals surface area (Å²) in [5, 5.41) is 20.7.